The Hall–Kier alpha value is -1.87. The highest BCUT2D eigenvalue weighted by molar-refractivity contribution is 6.30. The van der Waals surface area contributed by atoms with Crippen molar-refractivity contribution in [2.24, 2.45) is 0 Å². The van der Waals surface area contributed by atoms with E-state index in [1.165, 1.54) is 7.11 Å². The fraction of sp³-hybridized carbons (Fsp3) is 0.143. The minimum absolute atomic E-state index is 0.165. The predicted octanol–water partition coefficient (Wildman–Crippen LogP) is 3.28. The highest BCUT2D eigenvalue weighted by atomic mass is 35.5. The number of aryl methyl sites for hydroxylation is 1. The van der Waals surface area contributed by atoms with E-state index in [-0.39, 0.29) is 5.78 Å². The van der Waals surface area contributed by atoms with E-state index in [4.69, 9.17) is 16.3 Å². The van der Waals surface area contributed by atoms with Gasteiger partial charge in [-0.3, -0.25) is 4.79 Å². The molecule has 0 aliphatic heterocycles. The summed E-state index contributed by atoms with van der Waals surface area (Å²) in [4.78, 5) is 16.5. The Morgan fingerprint density at radius 2 is 2.11 bits per heavy atom. The number of ether oxygens (including phenoxy) is 1. The molecule has 92 valence electrons. The highest BCUT2D eigenvalue weighted by Crippen LogP contribution is 2.22. The molecule has 0 amide bonds. The molecule has 0 bridgehead atoms. The number of pyridine rings is 1. The Kier molecular flexibility index (Phi) is 3.63. The largest absolute Gasteiger partial charge is 0.494 e. The molecule has 3 nitrogen and oxygen atoms in total. The first kappa shape index (κ1) is 12.6. The molecule has 0 unspecified atom stereocenters. The summed E-state index contributed by atoms with van der Waals surface area (Å²) in [6, 6.07) is 8.59. The average molecular weight is 262 g/mol. The number of carbonyl (C=O) groups is 1. The van der Waals surface area contributed by atoms with Crippen molar-refractivity contribution in [3.8, 4) is 5.75 Å². The SMILES string of the molecule is COc1cccnc1C(=O)c1ccc(Cl)cc1C. The van der Waals surface area contributed by atoms with E-state index in [0.29, 0.717) is 22.0 Å². The van der Waals surface area contributed by atoms with Crippen LogP contribution in [-0.4, -0.2) is 17.9 Å². The number of carbonyl (C=O) groups excluding carboxylic acids is 1. The highest BCUT2D eigenvalue weighted by Gasteiger charge is 2.17. The molecule has 0 N–H and O–H groups in total. The van der Waals surface area contributed by atoms with Gasteiger partial charge in [0.2, 0.25) is 5.78 Å². The summed E-state index contributed by atoms with van der Waals surface area (Å²) in [5.41, 5.74) is 1.71. The van der Waals surface area contributed by atoms with Gasteiger partial charge in [-0.25, -0.2) is 4.98 Å². The lowest BCUT2D eigenvalue weighted by molar-refractivity contribution is 0.103. The zero-order chi connectivity index (χ0) is 13.1. The summed E-state index contributed by atoms with van der Waals surface area (Å²) in [6.07, 6.45) is 1.57. The number of hydrogen-bond acceptors (Lipinski definition) is 3. The molecular formula is C14H12ClNO2. The van der Waals surface area contributed by atoms with E-state index >= 15 is 0 Å². The third kappa shape index (κ3) is 2.36. The van der Waals surface area contributed by atoms with Crippen LogP contribution in [0.15, 0.2) is 36.5 Å². The molecule has 0 aliphatic carbocycles. The first-order valence-electron chi connectivity index (χ1n) is 5.43. The molecular weight excluding hydrogens is 250 g/mol. The number of ketones is 1. The van der Waals surface area contributed by atoms with Crippen molar-refractivity contribution >= 4 is 17.4 Å². The summed E-state index contributed by atoms with van der Waals surface area (Å²) in [5, 5.41) is 0.608. The van der Waals surface area contributed by atoms with Crippen LogP contribution < -0.4 is 4.74 Å². The van der Waals surface area contributed by atoms with Crippen LogP contribution in [0, 0.1) is 6.92 Å². The Labute approximate surface area is 110 Å². The smallest absolute Gasteiger partial charge is 0.215 e. The zero-order valence-corrected chi connectivity index (χ0v) is 10.9. The number of hydrogen-bond donors (Lipinski definition) is 0. The molecule has 1 heterocycles. The Morgan fingerprint density at radius 3 is 2.78 bits per heavy atom. The molecule has 1 aromatic heterocycles. The second-order valence-electron chi connectivity index (χ2n) is 3.84. The third-order valence-electron chi connectivity index (χ3n) is 2.64. The standard InChI is InChI=1S/C14H12ClNO2/c1-9-8-10(15)5-6-11(9)14(17)13-12(18-2)4-3-7-16-13/h3-8H,1-2H3. The van der Waals surface area contributed by atoms with Crippen LogP contribution in [0.3, 0.4) is 0 Å². The number of nitrogens with zero attached hydrogens (tertiary/aromatic N) is 1. The molecule has 0 spiro atoms. The van der Waals surface area contributed by atoms with Crippen LogP contribution >= 0.6 is 11.6 Å². The summed E-state index contributed by atoms with van der Waals surface area (Å²) in [6.45, 7) is 1.84. The van der Waals surface area contributed by atoms with Gasteiger partial charge in [-0.2, -0.15) is 0 Å². The first-order chi connectivity index (χ1) is 8.63. The van der Waals surface area contributed by atoms with Crippen molar-refractivity contribution in [1.29, 1.82) is 0 Å². The van der Waals surface area contributed by atoms with Crippen molar-refractivity contribution in [2.45, 2.75) is 6.92 Å². The molecule has 2 rings (SSSR count). The molecule has 0 saturated carbocycles. The Balaban J connectivity index is 2.48. The summed E-state index contributed by atoms with van der Waals surface area (Å²) in [7, 11) is 1.52. The lowest BCUT2D eigenvalue weighted by atomic mass is 10.0. The van der Waals surface area contributed by atoms with Crippen molar-refractivity contribution in [3.05, 3.63) is 58.4 Å². The Morgan fingerprint density at radius 1 is 1.33 bits per heavy atom. The third-order valence-corrected chi connectivity index (χ3v) is 2.87. The number of methoxy groups -OCH3 is 1. The molecule has 0 aliphatic rings. The molecule has 18 heavy (non-hydrogen) atoms. The number of rotatable bonds is 3. The summed E-state index contributed by atoms with van der Waals surface area (Å²) < 4.78 is 5.14. The van der Waals surface area contributed by atoms with Crippen molar-refractivity contribution in [2.75, 3.05) is 7.11 Å². The van der Waals surface area contributed by atoms with E-state index in [9.17, 15) is 4.79 Å². The van der Waals surface area contributed by atoms with Crippen LogP contribution in [0.2, 0.25) is 5.02 Å². The maximum absolute atomic E-state index is 12.4. The van der Waals surface area contributed by atoms with E-state index in [1.54, 1.807) is 36.5 Å². The topological polar surface area (TPSA) is 39.2 Å². The van der Waals surface area contributed by atoms with E-state index in [1.807, 2.05) is 6.92 Å². The normalized spacial score (nSPS) is 10.2. The van der Waals surface area contributed by atoms with Gasteiger partial charge >= 0.3 is 0 Å². The van der Waals surface area contributed by atoms with Crippen LogP contribution in [0.4, 0.5) is 0 Å². The second-order valence-corrected chi connectivity index (χ2v) is 4.28. The second kappa shape index (κ2) is 5.19. The molecule has 1 aromatic carbocycles. The van der Waals surface area contributed by atoms with Gasteiger partial charge in [-0.1, -0.05) is 11.6 Å². The van der Waals surface area contributed by atoms with Gasteiger partial charge in [0.15, 0.2) is 5.69 Å². The summed E-state index contributed by atoms with van der Waals surface area (Å²) in [5.74, 6) is 0.304. The maximum atomic E-state index is 12.4. The number of aromatic nitrogens is 1. The van der Waals surface area contributed by atoms with Gasteiger partial charge in [-0.05, 0) is 42.8 Å². The van der Waals surface area contributed by atoms with Crippen molar-refractivity contribution < 1.29 is 9.53 Å². The van der Waals surface area contributed by atoms with Gasteiger partial charge in [0.1, 0.15) is 5.75 Å². The molecule has 0 radical (unpaired) electrons. The number of benzene rings is 1. The fourth-order valence-electron chi connectivity index (χ4n) is 1.74. The van der Waals surface area contributed by atoms with Crippen LogP contribution in [0.5, 0.6) is 5.75 Å². The van der Waals surface area contributed by atoms with Crippen LogP contribution in [0.25, 0.3) is 0 Å². The van der Waals surface area contributed by atoms with Gasteiger partial charge in [0.05, 0.1) is 7.11 Å². The van der Waals surface area contributed by atoms with Gasteiger partial charge < -0.3 is 4.74 Å². The molecule has 4 heteroatoms. The van der Waals surface area contributed by atoms with E-state index in [0.717, 1.165) is 5.56 Å². The average Bonchev–Trinajstić information content (AvgIpc) is 2.38. The minimum Gasteiger partial charge on any atom is -0.494 e. The minimum atomic E-state index is -0.165. The van der Waals surface area contributed by atoms with Crippen LogP contribution in [0.1, 0.15) is 21.6 Å². The zero-order valence-electron chi connectivity index (χ0n) is 10.1. The van der Waals surface area contributed by atoms with Crippen molar-refractivity contribution in [1.82, 2.24) is 4.98 Å². The maximum Gasteiger partial charge on any atom is 0.215 e. The summed E-state index contributed by atoms with van der Waals surface area (Å²) >= 11 is 5.87. The lowest BCUT2D eigenvalue weighted by Gasteiger charge is -2.08. The van der Waals surface area contributed by atoms with Crippen LogP contribution in [-0.2, 0) is 0 Å². The van der Waals surface area contributed by atoms with Gasteiger partial charge in [-0.15, -0.1) is 0 Å². The van der Waals surface area contributed by atoms with Gasteiger partial charge in [0, 0.05) is 16.8 Å². The number of halogens is 1. The predicted molar refractivity (Wildman–Crippen MR) is 70.4 cm³/mol. The molecule has 0 fully saturated rings. The van der Waals surface area contributed by atoms with Crippen molar-refractivity contribution in [3.63, 3.8) is 0 Å². The fourth-order valence-corrected chi connectivity index (χ4v) is 1.96. The molecule has 0 saturated heterocycles. The first-order valence-corrected chi connectivity index (χ1v) is 5.81. The quantitative estimate of drug-likeness (QED) is 0.796. The molecule has 2 aromatic rings. The van der Waals surface area contributed by atoms with E-state index < -0.39 is 0 Å². The lowest BCUT2D eigenvalue weighted by Crippen LogP contribution is -2.08. The van der Waals surface area contributed by atoms with E-state index in [2.05, 4.69) is 4.98 Å². The Bertz CT molecular complexity index is 596. The monoisotopic (exact) mass is 261 g/mol. The van der Waals surface area contributed by atoms with Gasteiger partial charge in [0.25, 0.3) is 0 Å². The molecule has 0 atom stereocenters.